The molecule has 0 radical (unpaired) electrons. The lowest BCUT2D eigenvalue weighted by Crippen LogP contribution is -2.29. The number of nitriles is 1. The summed E-state index contributed by atoms with van der Waals surface area (Å²) in [6, 6.07) is 6.57. The summed E-state index contributed by atoms with van der Waals surface area (Å²) in [4.78, 5) is 30.4. The van der Waals surface area contributed by atoms with Crippen molar-refractivity contribution in [3.63, 3.8) is 0 Å². The predicted octanol–water partition coefficient (Wildman–Crippen LogP) is 2.05. The third kappa shape index (κ3) is 2.33. The van der Waals surface area contributed by atoms with Crippen molar-refractivity contribution >= 4 is 40.1 Å². The summed E-state index contributed by atoms with van der Waals surface area (Å²) in [6.07, 6.45) is 0. The van der Waals surface area contributed by atoms with Crippen LogP contribution >= 0.6 is 23.2 Å². The Morgan fingerprint density at radius 1 is 1.33 bits per heavy atom. The third-order valence-electron chi connectivity index (χ3n) is 3.59. The number of fused-ring (bicyclic) bond motifs is 1. The number of H-pyrrole nitrogens is 1. The molecule has 3 N–H and O–H groups in total. The number of benzene rings is 1. The van der Waals surface area contributed by atoms with E-state index in [4.69, 9.17) is 28.9 Å². The van der Waals surface area contributed by atoms with Crippen LogP contribution in [-0.2, 0) is 7.05 Å². The second kappa shape index (κ2) is 5.67. The number of hydrogen-bond acceptors (Lipinski definition) is 5. The molecule has 2 aromatic heterocycles. The highest BCUT2D eigenvalue weighted by Crippen LogP contribution is 2.36. The van der Waals surface area contributed by atoms with Crippen molar-refractivity contribution in [2.45, 2.75) is 0 Å². The molecule has 0 aliphatic rings. The van der Waals surface area contributed by atoms with E-state index in [1.807, 2.05) is 6.07 Å². The fourth-order valence-corrected chi connectivity index (χ4v) is 2.97. The summed E-state index contributed by atoms with van der Waals surface area (Å²) in [5.74, 6) is -0.105. The third-order valence-corrected chi connectivity index (χ3v) is 4.14. The van der Waals surface area contributed by atoms with Gasteiger partial charge < -0.3 is 5.73 Å². The molecule has 24 heavy (non-hydrogen) atoms. The van der Waals surface area contributed by atoms with Gasteiger partial charge in [0, 0.05) is 28.2 Å². The van der Waals surface area contributed by atoms with E-state index in [2.05, 4.69) is 9.97 Å². The molecule has 0 saturated heterocycles. The van der Waals surface area contributed by atoms with Crippen LogP contribution in [0.5, 0.6) is 0 Å². The number of aryl methyl sites for hydroxylation is 1. The van der Waals surface area contributed by atoms with Crippen molar-refractivity contribution in [3.05, 3.63) is 54.6 Å². The first-order chi connectivity index (χ1) is 11.3. The van der Waals surface area contributed by atoms with E-state index < -0.39 is 11.2 Å². The highest BCUT2D eigenvalue weighted by Gasteiger charge is 2.21. The summed E-state index contributed by atoms with van der Waals surface area (Å²) in [5, 5.41) is 10.1. The number of anilines is 1. The minimum atomic E-state index is -0.682. The number of hydrogen-bond donors (Lipinski definition) is 2. The lowest BCUT2D eigenvalue weighted by atomic mass is 9.98. The SMILES string of the molecule is Cn1c(=O)[nH]c(=O)c2c(-c3ccc(Cl)cc3Cl)c(C#N)c(N)nc21. The van der Waals surface area contributed by atoms with E-state index in [0.29, 0.717) is 10.6 Å². The predicted molar refractivity (Wildman–Crippen MR) is 92.2 cm³/mol. The lowest BCUT2D eigenvalue weighted by molar-refractivity contribution is 0.830. The number of aromatic amines is 1. The first-order valence-corrected chi connectivity index (χ1v) is 7.38. The number of nitrogens with zero attached hydrogens (tertiary/aromatic N) is 3. The van der Waals surface area contributed by atoms with E-state index in [0.717, 1.165) is 4.57 Å². The summed E-state index contributed by atoms with van der Waals surface area (Å²) in [6.45, 7) is 0. The molecular formula is C15H9Cl2N5O2. The van der Waals surface area contributed by atoms with Gasteiger partial charge in [0.15, 0.2) is 5.65 Å². The molecule has 2 heterocycles. The van der Waals surface area contributed by atoms with Gasteiger partial charge in [0.25, 0.3) is 5.56 Å². The Kier molecular flexibility index (Phi) is 3.79. The molecule has 0 aliphatic heterocycles. The van der Waals surface area contributed by atoms with Gasteiger partial charge in [-0.3, -0.25) is 14.3 Å². The average Bonchev–Trinajstić information content (AvgIpc) is 2.51. The highest BCUT2D eigenvalue weighted by atomic mass is 35.5. The molecule has 9 heteroatoms. The quantitative estimate of drug-likeness (QED) is 0.687. The Balaban J connectivity index is 2.64. The van der Waals surface area contributed by atoms with Crippen LogP contribution in [0.15, 0.2) is 27.8 Å². The maximum absolute atomic E-state index is 12.4. The van der Waals surface area contributed by atoms with Gasteiger partial charge in [0.05, 0.1) is 5.39 Å². The zero-order valence-electron chi connectivity index (χ0n) is 12.2. The van der Waals surface area contributed by atoms with E-state index in [1.165, 1.54) is 13.1 Å². The number of nitrogens with two attached hydrogens (primary N) is 1. The van der Waals surface area contributed by atoms with Crippen LogP contribution in [0.1, 0.15) is 5.56 Å². The fourth-order valence-electron chi connectivity index (χ4n) is 2.46. The van der Waals surface area contributed by atoms with Crippen molar-refractivity contribution in [3.8, 4) is 17.2 Å². The van der Waals surface area contributed by atoms with Crippen molar-refractivity contribution in [1.29, 1.82) is 5.26 Å². The van der Waals surface area contributed by atoms with Crippen molar-refractivity contribution in [1.82, 2.24) is 14.5 Å². The van der Waals surface area contributed by atoms with Gasteiger partial charge in [-0.1, -0.05) is 29.3 Å². The van der Waals surface area contributed by atoms with Crippen LogP contribution < -0.4 is 17.0 Å². The average molecular weight is 362 g/mol. The van der Waals surface area contributed by atoms with Gasteiger partial charge in [-0.15, -0.1) is 0 Å². The molecule has 0 unspecified atom stereocenters. The van der Waals surface area contributed by atoms with E-state index in [9.17, 15) is 14.9 Å². The maximum atomic E-state index is 12.4. The Hall–Kier alpha value is -2.82. The van der Waals surface area contributed by atoms with E-state index >= 15 is 0 Å². The maximum Gasteiger partial charge on any atom is 0.329 e. The Bertz CT molecular complexity index is 1160. The first-order valence-electron chi connectivity index (χ1n) is 6.63. The van der Waals surface area contributed by atoms with Crippen LogP contribution in [0.2, 0.25) is 10.0 Å². The molecule has 3 rings (SSSR count). The molecule has 0 bridgehead atoms. The number of nitrogen functional groups attached to an aromatic ring is 1. The minimum absolute atomic E-state index is 0.00382. The molecule has 0 fully saturated rings. The molecule has 3 aromatic rings. The Labute approximate surface area is 144 Å². The molecule has 0 aliphatic carbocycles. The number of rotatable bonds is 1. The van der Waals surface area contributed by atoms with Gasteiger partial charge in [0.1, 0.15) is 17.5 Å². The second-order valence-corrected chi connectivity index (χ2v) is 5.84. The monoisotopic (exact) mass is 361 g/mol. The zero-order chi connectivity index (χ0) is 17.6. The Morgan fingerprint density at radius 2 is 2.04 bits per heavy atom. The molecule has 0 saturated carbocycles. The van der Waals surface area contributed by atoms with Gasteiger partial charge in [-0.25, -0.2) is 9.78 Å². The Morgan fingerprint density at radius 3 is 2.67 bits per heavy atom. The number of pyridine rings is 1. The van der Waals surface area contributed by atoms with Gasteiger partial charge in [-0.2, -0.15) is 5.26 Å². The fraction of sp³-hybridized carbons (Fsp3) is 0.0667. The molecule has 0 atom stereocenters. The largest absolute Gasteiger partial charge is 0.383 e. The summed E-state index contributed by atoms with van der Waals surface area (Å²) >= 11 is 12.1. The number of nitrogens with one attached hydrogen (secondary N) is 1. The lowest BCUT2D eigenvalue weighted by Gasteiger charge is -2.13. The van der Waals surface area contributed by atoms with E-state index in [-0.39, 0.29) is 33.0 Å². The first kappa shape index (κ1) is 16.1. The zero-order valence-corrected chi connectivity index (χ0v) is 13.7. The van der Waals surface area contributed by atoms with Crippen LogP contribution in [0.3, 0.4) is 0 Å². The van der Waals surface area contributed by atoms with Crippen LogP contribution in [0, 0.1) is 11.3 Å². The van der Waals surface area contributed by atoms with Crippen molar-refractivity contribution < 1.29 is 0 Å². The van der Waals surface area contributed by atoms with Crippen molar-refractivity contribution in [2.24, 2.45) is 7.05 Å². The topological polar surface area (TPSA) is 118 Å². The molecule has 7 nitrogen and oxygen atoms in total. The van der Waals surface area contributed by atoms with Crippen LogP contribution in [0.4, 0.5) is 5.82 Å². The summed E-state index contributed by atoms with van der Waals surface area (Å²) < 4.78 is 1.14. The van der Waals surface area contributed by atoms with Crippen LogP contribution in [-0.4, -0.2) is 14.5 Å². The molecule has 0 spiro atoms. The van der Waals surface area contributed by atoms with Gasteiger partial charge in [0.2, 0.25) is 0 Å². The number of aromatic nitrogens is 3. The summed E-state index contributed by atoms with van der Waals surface area (Å²) in [7, 11) is 1.44. The molecular weight excluding hydrogens is 353 g/mol. The second-order valence-electron chi connectivity index (χ2n) is 5.00. The minimum Gasteiger partial charge on any atom is -0.383 e. The highest BCUT2D eigenvalue weighted by molar-refractivity contribution is 6.36. The normalized spacial score (nSPS) is 10.8. The van der Waals surface area contributed by atoms with E-state index in [1.54, 1.807) is 12.1 Å². The molecule has 1 aromatic carbocycles. The number of halogens is 2. The van der Waals surface area contributed by atoms with Gasteiger partial charge in [-0.05, 0) is 12.1 Å². The van der Waals surface area contributed by atoms with Crippen molar-refractivity contribution in [2.75, 3.05) is 5.73 Å². The molecule has 120 valence electrons. The molecule has 0 amide bonds. The smallest absolute Gasteiger partial charge is 0.329 e. The van der Waals surface area contributed by atoms with Gasteiger partial charge >= 0.3 is 5.69 Å². The standard InChI is InChI=1S/C15H9Cl2N5O2/c1-22-13-11(14(23)21-15(22)24)10(8(5-18)12(19)20-13)7-3-2-6(16)4-9(7)17/h2-4H,1H3,(H2,19,20)(H,21,23,24). The summed E-state index contributed by atoms with van der Waals surface area (Å²) in [5.41, 5.74) is 5.18. The van der Waals surface area contributed by atoms with Crippen LogP contribution in [0.25, 0.3) is 22.2 Å².